The number of rotatable bonds is 2. The van der Waals surface area contributed by atoms with Crippen molar-refractivity contribution in [2.24, 2.45) is 0 Å². The monoisotopic (exact) mass is 286 g/mol. The number of aryl methyl sites for hydroxylation is 3. The Morgan fingerprint density at radius 1 is 1.10 bits per heavy atom. The molecule has 1 aromatic carbocycles. The largest absolute Gasteiger partial charge is 0.351 e. The maximum Gasteiger partial charge on any atom is 0.180 e. The van der Waals surface area contributed by atoms with Crippen LogP contribution in [-0.2, 0) is 0 Å². The van der Waals surface area contributed by atoms with Gasteiger partial charge in [0, 0.05) is 11.4 Å². The van der Waals surface area contributed by atoms with E-state index in [-0.39, 0.29) is 0 Å². The average Bonchev–Trinajstić information content (AvgIpc) is 2.87. The molecule has 4 nitrogen and oxygen atoms in total. The molecule has 0 radical (unpaired) electrons. The number of halogens is 1. The number of nitrogens with one attached hydrogen (secondary N) is 1. The zero-order chi connectivity index (χ0) is 14.3. The van der Waals surface area contributed by atoms with Gasteiger partial charge in [-0.1, -0.05) is 29.8 Å². The van der Waals surface area contributed by atoms with Crippen LogP contribution in [-0.4, -0.2) is 14.6 Å². The predicted molar refractivity (Wildman–Crippen MR) is 81.9 cm³/mol. The van der Waals surface area contributed by atoms with Gasteiger partial charge in [-0.2, -0.15) is 5.10 Å². The predicted octanol–water partition coefficient (Wildman–Crippen LogP) is 4.05. The number of para-hydroxylation sites is 1. The first kappa shape index (κ1) is 12.9. The van der Waals surface area contributed by atoms with Gasteiger partial charge in [-0.15, -0.1) is 0 Å². The lowest BCUT2D eigenvalue weighted by atomic mass is 10.1. The highest BCUT2D eigenvalue weighted by atomic mass is 35.5. The molecule has 0 spiro atoms. The average molecular weight is 287 g/mol. The lowest BCUT2D eigenvalue weighted by Crippen LogP contribution is -2.02. The molecule has 20 heavy (non-hydrogen) atoms. The number of fused-ring (bicyclic) bond motifs is 1. The van der Waals surface area contributed by atoms with Crippen LogP contribution in [0.2, 0.25) is 5.02 Å². The van der Waals surface area contributed by atoms with Gasteiger partial charge < -0.3 is 5.32 Å². The smallest absolute Gasteiger partial charge is 0.180 e. The van der Waals surface area contributed by atoms with E-state index in [2.05, 4.69) is 41.4 Å². The quantitative estimate of drug-likeness (QED) is 0.773. The zero-order valence-electron chi connectivity index (χ0n) is 11.6. The van der Waals surface area contributed by atoms with Gasteiger partial charge in [-0.05, 0) is 38.0 Å². The number of hydrogen-bond acceptors (Lipinski definition) is 3. The first-order valence-electron chi connectivity index (χ1n) is 6.40. The third-order valence-electron chi connectivity index (χ3n) is 3.41. The molecule has 0 unspecified atom stereocenters. The van der Waals surface area contributed by atoms with Crippen molar-refractivity contribution < 1.29 is 0 Å². The molecular formula is C15H15ClN4. The molecule has 0 aliphatic rings. The van der Waals surface area contributed by atoms with Crippen molar-refractivity contribution >= 4 is 28.6 Å². The van der Waals surface area contributed by atoms with Crippen molar-refractivity contribution in [1.29, 1.82) is 0 Å². The third-order valence-corrected chi connectivity index (χ3v) is 3.71. The molecule has 102 valence electrons. The minimum atomic E-state index is 0.644. The molecule has 0 atom stereocenters. The van der Waals surface area contributed by atoms with E-state index in [4.69, 9.17) is 11.6 Å². The highest BCUT2D eigenvalue weighted by Crippen LogP contribution is 2.32. The molecular weight excluding hydrogens is 272 g/mol. The van der Waals surface area contributed by atoms with E-state index < -0.39 is 0 Å². The summed E-state index contributed by atoms with van der Waals surface area (Å²) in [7, 11) is 0. The van der Waals surface area contributed by atoms with Crippen LogP contribution < -0.4 is 5.32 Å². The first-order chi connectivity index (χ1) is 9.58. The number of benzene rings is 1. The Labute approximate surface area is 122 Å². The van der Waals surface area contributed by atoms with Gasteiger partial charge in [-0.25, -0.2) is 9.50 Å². The Balaban J connectivity index is 2.18. The van der Waals surface area contributed by atoms with Crippen LogP contribution in [0.4, 0.5) is 11.4 Å². The second-order valence-corrected chi connectivity index (χ2v) is 5.30. The Morgan fingerprint density at radius 2 is 1.80 bits per heavy atom. The first-order valence-corrected chi connectivity index (χ1v) is 6.78. The van der Waals surface area contributed by atoms with E-state index >= 15 is 0 Å². The Morgan fingerprint density at radius 3 is 2.50 bits per heavy atom. The minimum Gasteiger partial charge on any atom is -0.351 e. The fraction of sp³-hybridized carbons (Fsp3) is 0.200. The molecule has 0 saturated heterocycles. The Bertz CT molecular complexity index is 772. The van der Waals surface area contributed by atoms with Gasteiger partial charge in [0.15, 0.2) is 5.65 Å². The summed E-state index contributed by atoms with van der Waals surface area (Å²) in [4.78, 5) is 4.30. The van der Waals surface area contributed by atoms with Crippen LogP contribution in [0, 0.1) is 20.8 Å². The molecule has 3 rings (SSSR count). The second-order valence-electron chi connectivity index (χ2n) is 4.90. The summed E-state index contributed by atoms with van der Waals surface area (Å²) in [5.74, 6) is 0. The summed E-state index contributed by atoms with van der Waals surface area (Å²) in [6.07, 6.45) is 1.54. The van der Waals surface area contributed by atoms with Gasteiger partial charge in [0.05, 0.1) is 5.02 Å². The van der Waals surface area contributed by atoms with Crippen LogP contribution in [0.3, 0.4) is 0 Å². The second kappa shape index (κ2) is 4.80. The van der Waals surface area contributed by atoms with Gasteiger partial charge in [0.2, 0.25) is 0 Å². The summed E-state index contributed by atoms with van der Waals surface area (Å²) in [5, 5.41) is 8.27. The van der Waals surface area contributed by atoms with Gasteiger partial charge in [-0.3, -0.25) is 0 Å². The molecule has 0 fully saturated rings. The Kier molecular flexibility index (Phi) is 3.10. The summed E-state index contributed by atoms with van der Waals surface area (Å²) >= 11 is 6.38. The number of pyridine rings is 1. The molecule has 3 aromatic rings. The maximum atomic E-state index is 6.38. The number of aromatic nitrogens is 3. The Hall–Kier alpha value is -2.07. The standard InChI is InChI=1S/C15H15ClN4/c1-9-5-4-6-10(2)13(9)19-14-12(16)7-11(3)20-15(14)17-8-18-20/h4-8,19H,1-3H3. The molecule has 2 aromatic heterocycles. The van der Waals surface area contributed by atoms with Crippen LogP contribution in [0.5, 0.6) is 0 Å². The minimum absolute atomic E-state index is 0.644. The highest BCUT2D eigenvalue weighted by molar-refractivity contribution is 6.34. The summed E-state index contributed by atoms with van der Waals surface area (Å²) in [5.41, 5.74) is 5.86. The van der Waals surface area contributed by atoms with Crippen molar-refractivity contribution in [3.05, 3.63) is 52.4 Å². The summed E-state index contributed by atoms with van der Waals surface area (Å²) in [6, 6.07) is 8.06. The SMILES string of the molecule is Cc1cccc(C)c1Nc1c(Cl)cc(C)n2ncnc12. The normalized spacial score (nSPS) is 11.0. The lowest BCUT2D eigenvalue weighted by Gasteiger charge is -2.15. The fourth-order valence-electron chi connectivity index (χ4n) is 2.35. The van der Waals surface area contributed by atoms with Crippen LogP contribution in [0.1, 0.15) is 16.8 Å². The number of hydrogen-bond donors (Lipinski definition) is 1. The molecule has 0 bridgehead atoms. The van der Waals surface area contributed by atoms with E-state index in [1.807, 2.05) is 19.1 Å². The fourth-order valence-corrected chi connectivity index (χ4v) is 2.64. The van der Waals surface area contributed by atoms with Gasteiger partial charge >= 0.3 is 0 Å². The van der Waals surface area contributed by atoms with Gasteiger partial charge in [0.1, 0.15) is 12.0 Å². The van der Waals surface area contributed by atoms with Crippen LogP contribution in [0.15, 0.2) is 30.6 Å². The van der Waals surface area contributed by atoms with E-state index in [0.29, 0.717) is 5.02 Å². The third kappa shape index (κ3) is 2.02. The maximum absolute atomic E-state index is 6.38. The van der Waals surface area contributed by atoms with Crippen molar-refractivity contribution in [3.63, 3.8) is 0 Å². The molecule has 1 N–H and O–H groups in total. The lowest BCUT2D eigenvalue weighted by molar-refractivity contribution is 0.915. The van der Waals surface area contributed by atoms with Crippen LogP contribution in [0.25, 0.3) is 5.65 Å². The zero-order valence-corrected chi connectivity index (χ0v) is 12.4. The highest BCUT2D eigenvalue weighted by Gasteiger charge is 2.13. The molecule has 5 heteroatoms. The number of nitrogens with zero attached hydrogens (tertiary/aromatic N) is 3. The van der Waals surface area contributed by atoms with Crippen molar-refractivity contribution in [1.82, 2.24) is 14.6 Å². The number of anilines is 2. The summed E-state index contributed by atoms with van der Waals surface area (Å²) < 4.78 is 1.78. The molecule has 2 heterocycles. The van der Waals surface area contributed by atoms with E-state index in [0.717, 1.165) is 22.7 Å². The topological polar surface area (TPSA) is 42.2 Å². The summed E-state index contributed by atoms with van der Waals surface area (Å²) in [6.45, 7) is 6.09. The van der Waals surface area contributed by atoms with E-state index in [9.17, 15) is 0 Å². The van der Waals surface area contributed by atoms with Gasteiger partial charge in [0.25, 0.3) is 0 Å². The van der Waals surface area contributed by atoms with E-state index in [1.165, 1.54) is 17.5 Å². The molecule has 0 saturated carbocycles. The van der Waals surface area contributed by atoms with Crippen molar-refractivity contribution in [3.8, 4) is 0 Å². The van der Waals surface area contributed by atoms with Crippen LogP contribution >= 0.6 is 11.6 Å². The van der Waals surface area contributed by atoms with Crippen molar-refractivity contribution in [2.45, 2.75) is 20.8 Å². The molecule has 0 aliphatic heterocycles. The molecule has 0 amide bonds. The van der Waals surface area contributed by atoms with E-state index in [1.54, 1.807) is 4.52 Å². The molecule has 0 aliphatic carbocycles. The van der Waals surface area contributed by atoms with Crippen molar-refractivity contribution in [2.75, 3.05) is 5.32 Å².